The molecule has 3 rings (SSSR count). The zero-order valence-electron chi connectivity index (χ0n) is 14.5. The van der Waals surface area contributed by atoms with E-state index < -0.39 is 0 Å². The molecule has 26 heavy (non-hydrogen) atoms. The van der Waals surface area contributed by atoms with E-state index in [1.54, 1.807) is 0 Å². The summed E-state index contributed by atoms with van der Waals surface area (Å²) in [6.07, 6.45) is 0.869. The summed E-state index contributed by atoms with van der Waals surface area (Å²) in [6.45, 7) is 3.98. The normalized spacial score (nSPS) is 11.8. The summed E-state index contributed by atoms with van der Waals surface area (Å²) >= 11 is 3.48. The van der Waals surface area contributed by atoms with Crippen LogP contribution in [0.2, 0.25) is 0 Å². The van der Waals surface area contributed by atoms with Gasteiger partial charge in [0.15, 0.2) is 0 Å². The van der Waals surface area contributed by atoms with Gasteiger partial charge in [-0.2, -0.15) is 4.98 Å². The fraction of sp³-hybridized carbons (Fsp3) is 0.211. The Hall–Kier alpha value is -2.67. The molecule has 2 aromatic carbocycles. The van der Waals surface area contributed by atoms with E-state index in [-0.39, 0.29) is 12.1 Å². The molecule has 1 unspecified atom stereocenters. The monoisotopic (exact) mass is 414 g/mol. The van der Waals surface area contributed by atoms with Crippen LogP contribution in [0.5, 0.6) is 0 Å². The van der Waals surface area contributed by atoms with Gasteiger partial charge in [0.25, 0.3) is 5.89 Å². The summed E-state index contributed by atoms with van der Waals surface area (Å²) in [5, 5.41) is 9.74. The van der Waals surface area contributed by atoms with Gasteiger partial charge >= 0.3 is 6.03 Å². The molecule has 2 amide bonds. The summed E-state index contributed by atoms with van der Waals surface area (Å²) in [4.78, 5) is 16.4. The lowest BCUT2D eigenvalue weighted by Crippen LogP contribution is -2.35. The second-order valence-corrected chi connectivity index (χ2v) is 6.75. The van der Waals surface area contributed by atoms with E-state index in [9.17, 15) is 4.79 Å². The highest BCUT2D eigenvalue weighted by atomic mass is 79.9. The number of aromatic nitrogens is 2. The van der Waals surface area contributed by atoms with E-state index in [1.165, 1.54) is 0 Å². The maximum atomic E-state index is 12.0. The number of nitrogens with one attached hydrogen (secondary N) is 2. The van der Waals surface area contributed by atoms with Gasteiger partial charge < -0.3 is 15.2 Å². The van der Waals surface area contributed by atoms with Crippen LogP contribution < -0.4 is 10.6 Å². The van der Waals surface area contributed by atoms with Gasteiger partial charge in [-0.05, 0) is 53.5 Å². The van der Waals surface area contributed by atoms with Gasteiger partial charge in [0.05, 0.1) is 5.56 Å². The second kappa shape index (κ2) is 8.14. The molecule has 0 fully saturated rings. The minimum atomic E-state index is -0.237. The Morgan fingerprint density at radius 1 is 1.23 bits per heavy atom. The number of benzene rings is 2. The van der Waals surface area contributed by atoms with Crippen LogP contribution in [0.4, 0.5) is 10.5 Å². The molecule has 1 atom stereocenters. The molecule has 1 heterocycles. The van der Waals surface area contributed by atoms with Gasteiger partial charge in [0, 0.05) is 21.8 Å². The largest absolute Gasteiger partial charge is 0.335 e. The average Bonchev–Trinajstić information content (AvgIpc) is 3.12. The molecule has 0 aliphatic rings. The summed E-state index contributed by atoms with van der Waals surface area (Å²) in [6, 6.07) is 14.8. The van der Waals surface area contributed by atoms with Crippen molar-refractivity contribution in [3.63, 3.8) is 0 Å². The fourth-order valence-electron chi connectivity index (χ4n) is 2.31. The van der Waals surface area contributed by atoms with Gasteiger partial charge in [-0.1, -0.05) is 36.3 Å². The van der Waals surface area contributed by atoms with Crippen LogP contribution in [0.15, 0.2) is 57.5 Å². The third kappa shape index (κ3) is 4.29. The molecule has 3 aromatic rings. The zero-order chi connectivity index (χ0) is 18.5. The van der Waals surface area contributed by atoms with Crippen LogP contribution in [0.1, 0.15) is 20.3 Å². The summed E-state index contributed by atoms with van der Waals surface area (Å²) in [7, 11) is 0. The molecule has 6 nitrogen and oxygen atoms in total. The Labute approximate surface area is 160 Å². The van der Waals surface area contributed by atoms with Crippen molar-refractivity contribution in [3.05, 3.63) is 53.0 Å². The highest BCUT2D eigenvalue weighted by Gasteiger charge is 2.13. The number of anilines is 1. The quantitative estimate of drug-likeness (QED) is 0.609. The van der Waals surface area contributed by atoms with Gasteiger partial charge in [0.1, 0.15) is 0 Å². The van der Waals surface area contributed by atoms with Crippen molar-refractivity contribution in [2.75, 3.05) is 5.32 Å². The molecule has 0 radical (unpaired) electrons. The van der Waals surface area contributed by atoms with Gasteiger partial charge in [0.2, 0.25) is 5.82 Å². The molecule has 0 spiro atoms. The van der Waals surface area contributed by atoms with Crippen LogP contribution in [0.25, 0.3) is 22.8 Å². The SMILES string of the molecule is CCC(C)NC(=O)Nc1cccc(-c2noc(-c3ccccc3Br)n2)c1. The molecule has 0 aliphatic carbocycles. The lowest BCUT2D eigenvalue weighted by Gasteiger charge is -2.12. The predicted octanol–water partition coefficient (Wildman–Crippen LogP) is 5.09. The molecule has 2 N–H and O–H groups in total. The van der Waals surface area contributed by atoms with E-state index in [0.29, 0.717) is 17.4 Å². The van der Waals surface area contributed by atoms with Crippen molar-refractivity contribution in [2.24, 2.45) is 0 Å². The molecule has 134 valence electrons. The lowest BCUT2D eigenvalue weighted by atomic mass is 10.2. The topological polar surface area (TPSA) is 80.0 Å². The van der Waals surface area contributed by atoms with Gasteiger partial charge in [-0.25, -0.2) is 4.79 Å². The fourth-order valence-corrected chi connectivity index (χ4v) is 2.77. The Bertz CT molecular complexity index is 910. The van der Waals surface area contributed by atoms with E-state index in [2.05, 4.69) is 36.7 Å². The number of carbonyl (C=O) groups is 1. The van der Waals surface area contributed by atoms with Crippen molar-refractivity contribution in [3.8, 4) is 22.8 Å². The lowest BCUT2D eigenvalue weighted by molar-refractivity contribution is 0.249. The van der Waals surface area contributed by atoms with Crippen molar-refractivity contribution >= 4 is 27.6 Å². The number of amides is 2. The standard InChI is InChI=1S/C19H19BrN4O2/c1-3-12(2)21-19(25)22-14-8-6-7-13(11-14)17-23-18(26-24-17)15-9-4-5-10-16(15)20/h4-12H,3H2,1-2H3,(H2,21,22,25). The second-order valence-electron chi connectivity index (χ2n) is 5.89. The van der Waals surface area contributed by atoms with Crippen molar-refractivity contribution in [1.29, 1.82) is 0 Å². The summed E-state index contributed by atoms with van der Waals surface area (Å²) in [5.74, 6) is 0.891. The zero-order valence-corrected chi connectivity index (χ0v) is 16.1. The first-order chi connectivity index (χ1) is 12.6. The van der Waals surface area contributed by atoms with E-state index >= 15 is 0 Å². The first-order valence-electron chi connectivity index (χ1n) is 8.33. The molecule has 0 saturated heterocycles. The maximum Gasteiger partial charge on any atom is 0.319 e. The molecule has 1 aromatic heterocycles. The Balaban J connectivity index is 1.79. The van der Waals surface area contributed by atoms with Crippen LogP contribution in [-0.2, 0) is 0 Å². The van der Waals surface area contributed by atoms with Gasteiger partial charge in [-0.15, -0.1) is 0 Å². The number of halogens is 1. The number of nitrogens with zero attached hydrogens (tertiary/aromatic N) is 2. The number of rotatable bonds is 5. The van der Waals surface area contributed by atoms with Crippen LogP contribution in [0, 0.1) is 0 Å². The number of urea groups is 1. The minimum absolute atomic E-state index is 0.113. The third-order valence-corrected chi connectivity index (χ3v) is 4.59. The summed E-state index contributed by atoms with van der Waals surface area (Å²) in [5.41, 5.74) is 2.25. The Morgan fingerprint density at radius 2 is 2.04 bits per heavy atom. The Morgan fingerprint density at radius 3 is 2.81 bits per heavy atom. The van der Waals surface area contributed by atoms with Crippen LogP contribution in [0.3, 0.4) is 0 Å². The highest BCUT2D eigenvalue weighted by Crippen LogP contribution is 2.28. The first-order valence-corrected chi connectivity index (χ1v) is 9.12. The molecule has 0 bridgehead atoms. The van der Waals surface area contributed by atoms with E-state index in [0.717, 1.165) is 22.0 Å². The minimum Gasteiger partial charge on any atom is -0.335 e. The number of hydrogen-bond acceptors (Lipinski definition) is 4. The third-order valence-electron chi connectivity index (χ3n) is 3.90. The molecule has 0 saturated carbocycles. The molecular weight excluding hydrogens is 396 g/mol. The predicted molar refractivity (Wildman–Crippen MR) is 105 cm³/mol. The van der Waals surface area contributed by atoms with E-state index in [4.69, 9.17) is 4.52 Å². The smallest absolute Gasteiger partial charge is 0.319 e. The summed E-state index contributed by atoms with van der Waals surface area (Å²) < 4.78 is 6.27. The average molecular weight is 415 g/mol. The number of hydrogen-bond donors (Lipinski definition) is 2. The van der Waals surface area contributed by atoms with E-state index in [1.807, 2.05) is 62.4 Å². The molecular formula is C19H19BrN4O2. The van der Waals surface area contributed by atoms with Crippen molar-refractivity contribution < 1.29 is 9.32 Å². The van der Waals surface area contributed by atoms with Crippen LogP contribution >= 0.6 is 15.9 Å². The first kappa shape index (κ1) is 18.1. The molecule has 0 aliphatic heterocycles. The molecule has 7 heteroatoms. The van der Waals surface area contributed by atoms with Crippen molar-refractivity contribution in [1.82, 2.24) is 15.5 Å². The maximum absolute atomic E-state index is 12.0. The Kier molecular flexibility index (Phi) is 5.68. The van der Waals surface area contributed by atoms with Gasteiger partial charge in [-0.3, -0.25) is 0 Å². The number of carbonyl (C=O) groups excluding carboxylic acids is 1. The van der Waals surface area contributed by atoms with Crippen LogP contribution in [-0.4, -0.2) is 22.2 Å². The van der Waals surface area contributed by atoms with Crippen molar-refractivity contribution in [2.45, 2.75) is 26.3 Å². The highest BCUT2D eigenvalue weighted by molar-refractivity contribution is 9.10.